The Labute approximate surface area is 175 Å². The molecule has 0 atom stereocenters. The monoisotopic (exact) mass is 422 g/mol. The number of nitrogens with zero attached hydrogens (tertiary/aromatic N) is 5. The first-order valence-corrected chi connectivity index (χ1v) is 9.69. The molecule has 0 bridgehead atoms. The zero-order valence-corrected chi connectivity index (χ0v) is 17.0. The number of thiophene rings is 1. The van der Waals surface area contributed by atoms with Gasteiger partial charge in [0.2, 0.25) is 11.6 Å². The van der Waals surface area contributed by atoms with Gasteiger partial charge in [0.25, 0.3) is 5.91 Å². The van der Waals surface area contributed by atoms with E-state index in [1.165, 1.54) is 4.68 Å². The first-order chi connectivity index (χ1) is 14.5. The van der Waals surface area contributed by atoms with Crippen LogP contribution in [-0.2, 0) is 0 Å². The third-order valence-electron chi connectivity index (χ3n) is 4.32. The van der Waals surface area contributed by atoms with Gasteiger partial charge in [-0.3, -0.25) is 15.6 Å². The highest BCUT2D eigenvalue weighted by Gasteiger charge is 2.25. The minimum absolute atomic E-state index is 0.0267. The topological polar surface area (TPSA) is 137 Å². The normalized spacial score (nSPS) is 10.7. The van der Waals surface area contributed by atoms with E-state index in [2.05, 4.69) is 42.7 Å². The van der Waals surface area contributed by atoms with Gasteiger partial charge in [-0.15, -0.1) is 16.4 Å². The summed E-state index contributed by atoms with van der Waals surface area (Å²) in [5, 5.41) is 15.4. The maximum absolute atomic E-state index is 12.9. The van der Waals surface area contributed by atoms with Crippen LogP contribution in [0.15, 0.2) is 47.6 Å². The van der Waals surface area contributed by atoms with Crippen molar-refractivity contribution in [1.82, 2.24) is 36.2 Å². The molecule has 3 aromatic heterocycles. The Morgan fingerprint density at radius 3 is 2.60 bits per heavy atom. The highest BCUT2D eigenvalue weighted by molar-refractivity contribution is 7.12. The molecule has 0 saturated carbocycles. The van der Waals surface area contributed by atoms with Crippen molar-refractivity contribution in [3.63, 3.8) is 0 Å². The van der Waals surface area contributed by atoms with Crippen molar-refractivity contribution in [2.75, 3.05) is 5.73 Å². The quantitative estimate of drug-likeness (QED) is 0.403. The fourth-order valence-electron chi connectivity index (χ4n) is 2.97. The number of aryl methyl sites for hydroxylation is 2. The van der Waals surface area contributed by atoms with E-state index in [-0.39, 0.29) is 17.3 Å². The summed E-state index contributed by atoms with van der Waals surface area (Å²) in [5.41, 5.74) is 13.9. The van der Waals surface area contributed by atoms with Gasteiger partial charge in [0, 0.05) is 20.9 Å². The van der Waals surface area contributed by atoms with Gasteiger partial charge in [-0.05, 0) is 30.2 Å². The van der Waals surface area contributed by atoms with Crippen LogP contribution >= 0.6 is 11.3 Å². The number of aromatic nitrogens is 5. The Kier molecular flexibility index (Phi) is 5.02. The Morgan fingerprint density at radius 1 is 1.20 bits per heavy atom. The lowest BCUT2D eigenvalue weighted by molar-refractivity contribution is 0.0938. The Bertz CT molecular complexity index is 1220. The molecule has 0 aliphatic carbocycles. The minimum atomic E-state index is -0.499. The molecule has 0 spiro atoms. The van der Waals surface area contributed by atoms with Crippen LogP contribution in [0, 0.1) is 13.8 Å². The molecule has 10 nitrogen and oxygen atoms in total. The number of nitrogen functional groups attached to an aromatic ring is 1. The lowest BCUT2D eigenvalue weighted by Gasteiger charge is -2.11. The molecule has 1 aromatic carbocycles. The molecule has 152 valence electrons. The third-order valence-corrected chi connectivity index (χ3v) is 5.29. The highest BCUT2D eigenvalue weighted by atomic mass is 32.1. The number of carbonyl (C=O) groups excluding carboxylic acids is 1. The first-order valence-electron chi connectivity index (χ1n) is 8.88. The van der Waals surface area contributed by atoms with Crippen molar-refractivity contribution in [3.05, 3.63) is 64.0 Å². The second-order valence-electron chi connectivity index (χ2n) is 6.42. The van der Waals surface area contributed by atoms with Crippen molar-refractivity contribution in [2.45, 2.75) is 13.8 Å². The maximum atomic E-state index is 12.9. The molecule has 4 N–H and O–H groups in total. The van der Waals surface area contributed by atoms with E-state index < -0.39 is 5.91 Å². The summed E-state index contributed by atoms with van der Waals surface area (Å²) in [6, 6.07) is 11.2. The van der Waals surface area contributed by atoms with E-state index in [0.29, 0.717) is 17.0 Å². The van der Waals surface area contributed by atoms with Crippen molar-refractivity contribution >= 4 is 28.8 Å². The second kappa shape index (κ2) is 7.79. The van der Waals surface area contributed by atoms with E-state index in [9.17, 15) is 4.79 Å². The van der Waals surface area contributed by atoms with Crippen LogP contribution < -0.4 is 16.6 Å². The van der Waals surface area contributed by atoms with E-state index in [4.69, 9.17) is 5.73 Å². The average molecular weight is 422 g/mol. The molecule has 4 rings (SSSR count). The number of hydrazine groups is 1. The number of nitrogens with two attached hydrogens (primary N) is 1. The van der Waals surface area contributed by atoms with Gasteiger partial charge >= 0.3 is 0 Å². The van der Waals surface area contributed by atoms with E-state index in [0.717, 1.165) is 15.3 Å². The van der Waals surface area contributed by atoms with Crippen LogP contribution in [0.2, 0.25) is 0 Å². The number of anilines is 1. The molecule has 0 aliphatic rings. The van der Waals surface area contributed by atoms with Gasteiger partial charge in [0.15, 0.2) is 5.69 Å². The number of hydrogen-bond acceptors (Lipinski definition) is 9. The van der Waals surface area contributed by atoms with Gasteiger partial charge in [-0.25, -0.2) is 4.63 Å². The zero-order valence-electron chi connectivity index (χ0n) is 16.2. The molecule has 0 radical (unpaired) electrons. The van der Waals surface area contributed by atoms with Crippen LogP contribution in [-0.4, -0.2) is 31.2 Å². The van der Waals surface area contributed by atoms with Crippen LogP contribution in [0.4, 0.5) is 5.82 Å². The van der Waals surface area contributed by atoms with Gasteiger partial charge < -0.3 is 5.73 Å². The molecule has 0 aliphatic heterocycles. The summed E-state index contributed by atoms with van der Waals surface area (Å²) in [5.74, 6) is -0.332. The smallest absolute Gasteiger partial charge is 0.292 e. The standard InChI is InChI=1S/C19H18N8O2S/c1-10-9-14(12(3)30-10)11(2)21-23-19(28)15-16(13-7-5-4-6-8-13)27(26-22-15)18-17(20)24-29-25-18/h4-9,21H,2H2,1,3H3,(H2,20,24)(H,23,28). The Hall–Kier alpha value is -3.99. The highest BCUT2D eigenvalue weighted by Crippen LogP contribution is 2.27. The average Bonchev–Trinajstić information content (AvgIpc) is 3.44. The van der Waals surface area contributed by atoms with Crippen LogP contribution in [0.25, 0.3) is 22.8 Å². The molecular weight excluding hydrogens is 404 g/mol. The summed E-state index contributed by atoms with van der Waals surface area (Å²) in [6.07, 6.45) is 0. The van der Waals surface area contributed by atoms with Crippen molar-refractivity contribution < 1.29 is 9.42 Å². The lowest BCUT2D eigenvalue weighted by Crippen LogP contribution is -2.36. The van der Waals surface area contributed by atoms with Crippen molar-refractivity contribution in [3.8, 4) is 17.1 Å². The van der Waals surface area contributed by atoms with E-state index >= 15 is 0 Å². The maximum Gasteiger partial charge on any atom is 0.292 e. The van der Waals surface area contributed by atoms with Gasteiger partial charge in [-0.2, -0.15) is 4.68 Å². The summed E-state index contributed by atoms with van der Waals surface area (Å²) >= 11 is 1.66. The minimum Gasteiger partial charge on any atom is -0.378 e. The third kappa shape index (κ3) is 3.53. The molecule has 30 heavy (non-hydrogen) atoms. The number of rotatable bonds is 6. The number of amides is 1. The van der Waals surface area contributed by atoms with Crippen LogP contribution in [0.5, 0.6) is 0 Å². The summed E-state index contributed by atoms with van der Waals surface area (Å²) in [4.78, 5) is 15.2. The Balaban J connectivity index is 1.64. The molecule has 0 saturated heterocycles. The molecule has 0 unspecified atom stereocenters. The summed E-state index contributed by atoms with van der Waals surface area (Å²) < 4.78 is 5.98. The largest absolute Gasteiger partial charge is 0.378 e. The molecule has 11 heteroatoms. The van der Waals surface area contributed by atoms with E-state index in [1.807, 2.05) is 50.2 Å². The number of benzene rings is 1. The van der Waals surface area contributed by atoms with Gasteiger partial charge in [0.05, 0.1) is 5.70 Å². The molecule has 0 fully saturated rings. The predicted molar refractivity (Wildman–Crippen MR) is 112 cm³/mol. The second-order valence-corrected chi connectivity index (χ2v) is 7.88. The van der Waals surface area contributed by atoms with Crippen LogP contribution in [0.1, 0.15) is 25.8 Å². The summed E-state index contributed by atoms with van der Waals surface area (Å²) in [6.45, 7) is 8.01. The van der Waals surface area contributed by atoms with Gasteiger partial charge in [-0.1, -0.05) is 42.1 Å². The first kappa shape index (κ1) is 19.3. The predicted octanol–water partition coefficient (Wildman–Crippen LogP) is 2.48. The fourth-order valence-corrected chi connectivity index (χ4v) is 3.92. The van der Waals surface area contributed by atoms with Crippen molar-refractivity contribution in [2.24, 2.45) is 0 Å². The lowest BCUT2D eigenvalue weighted by atomic mass is 10.1. The SMILES string of the molecule is C=C(NNC(=O)c1nnn(-c2nonc2N)c1-c1ccccc1)c1cc(C)sc1C. The molecule has 4 aromatic rings. The van der Waals surface area contributed by atoms with Crippen LogP contribution in [0.3, 0.4) is 0 Å². The molecule has 3 heterocycles. The van der Waals surface area contributed by atoms with Crippen molar-refractivity contribution in [1.29, 1.82) is 0 Å². The number of nitrogens with one attached hydrogen (secondary N) is 2. The van der Waals surface area contributed by atoms with E-state index in [1.54, 1.807) is 11.3 Å². The fraction of sp³-hybridized carbons (Fsp3) is 0.105. The number of hydrogen-bond donors (Lipinski definition) is 3. The zero-order chi connectivity index (χ0) is 21.3. The molecule has 1 amide bonds. The Morgan fingerprint density at radius 2 is 1.97 bits per heavy atom. The molecular formula is C19H18N8O2S. The van der Waals surface area contributed by atoms with Gasteiger partial charge in [0.1, 0.15) is 5.69 Å². The number of carbonyl (C=O) groups is 1. The summed E-state index contributed by atoms with van der Waals surface area (Å²) in [7, 11) is 0.